The highest BCUT2D eigenvalue weighted by Crippen LogP contribution is 2.43. The number of aromatic nitrogens is 8. The molecule has 0 aliphatic carbocycles. The molecule has 14 nitrogen and oxygen atoms in total. The van der Waals surface area contributed by atoms with Crippen molar-refractivity contribution in [2.75, 3.05) is 93.9 Å². The Morgan fingerprint density at radius 2 is 0.583 bits per heavy atom. The van der Waals surface area contributed by atoms with E-state index in [0.29, 0.717) is 67.8 Å². The van der Waals surface area contributed by atoms with Crippen LogP contribution in [0.1, 0.15) is 28.3 Å². The molecule has 2 fully saturated rings. The summed E-state index contributed by atoms with van der Waals surface area (Å²) in [7, 11) is 5.67. The Labute approximate surface area is 751 Å². The average Bonchev–Trinajstić information content (AvgIpc) is 1.70. The molecule has 2 aliphatic heterocycles. The first-order valence-corrected chi connectivity index (χ1v) is 42.9. The Balaban J connectivity index is 0.000000118. The second-order valence-corrected chi connectivity index (χ2v) is 32.6. The number of anilines is 4. The van der Waals surface area contributed by atoms with Gasteiger partial charge in [-0.2, -0.15) is 73.1 Å². The first-order valence-electron chi connectivity index (χ1n) is 42.9. The molecular weight excluding hydrogens is 1700 g/mol. The summed E-state index contributed by atoms with van der Waals surface area (Å²) in [6, 6.07) is 103. The molecule has 19 aromatic rings. The molecule has 26 heteroatoms. The molecule has 0 spiro atoms. The third-order valence-corrected chi connectivity index (χ3v) is 24.0. The predicted molar refractivity (Wildman–Crippen MR) is 505 cm³/mol. The number of nitrogens with one attached hydrogen (secondary N) is 3. The van der Waals surface area contributed by atoms with Gasteiger partial charge in [0.15, 0.2) is 17.1 Å². The summed E-state index contributed by atoms with van der Waals surface area (Å²) in [5.41, 5.74) is 9.71. The van der Waals surface area contributed by atoms with Crippen LogP contribution in [0.15, 0.2) is 334 Å². The molecule has 2 aliphatic rings. The molecule has 664 valence electrons. The number of likely N-dealkylation sites (N-methyl/N-ethyl adjacent to an activating group) is 1. The third-order valence-electron chi connectivity index (χ3n) is 24.0. The minimum atomic E-state index is -4.53. The number of rotatable bonds is 13. The number of benzene rings is 15. The first kappa shape index (κ1) is 87.7. The minimum absolute atomic E-state index is 0.290. The number of alkyl halides is 12. The van der Waals surface area contributed by atoms with Crippen LogP contribution in [0, 0.1) is 6.92 Å². The van der Waals surface area contributed by atoms with E-state index >= 15 is 0 Å². The Bertz CT molecular complexity index is 7350. The molecule has 21 rings (SSSR count). The molecular formula is C106H86F12N14. The second kappa shape index (κ2) is 36.5. The molecule has 0 radical (unpaired) electrons. The van der Waals surface area contributed by atoms with Crippen LogP contribution in [0.4, 0.5) is 75.4 Å². The third kappa shape index (κ3) is 18.8. The Kier molecular flexibility index (Phi) is 24.2. The van der Waals surface area contributed by atoms with Crippen molar-refractivity contribution in [3.05, 3.63) is 362 Å². The highest BCUT2D eigenvalue weighted by Gasteiger charge is 2.40. The molecule has 4 aromatic heterocycles. The van der Waals surface area contributed by atoms with Gasteiger partial charge in [0.1, 0.15) is 5.69 Å². The lowest BCUT2D eigenvalue weighted by Gasteiger charge is -2.34. The number of fused-ring (bicyclic) bond motifs is 9. The Hall–Kier alpha value is -15.0. The van der Waals surface area contributed by atoms with Gasteiger partial charge < -0.3 is 30.7 Å². The van der Waals surface area contributed by atoms with Crippen LogP contribution in [0.5, 0.6) is 0 Å². The molecule has 0 unspecified atom stereocenters. The van der Waals surface area contributed by atoms with Gasteiger partial charge in [-0.05, 0) is 229 Å². The molecule has 0 saturated carbocycles. The molecule has 132 heavy (non-hydrogen) atoms. The number of halogens is 12. The van der Waals surface area contributed by atoms with Crippen molar-refractivity contribution in [1.29, 1.82) is 0 Å². The van der Waals surface area contributed by atoms with Crippen molar-refractivity contribution < 1.29 is 52.7 Å². The van der Waals surface area contributed by atoms with Gasteiger partial charge in [0.2, 0.25) is 0 Å². The maximum absolute atomic E-state index is 14.0. The monoisotopic (exact) mass is 1780 g/mol. The quantitative estimate of drug-likeness (QED) is 0.0761. The molecule has 15 aromatic carbocycles. The molecule has 0 atom stereocenters. The van der Waals surface area contributed by atoms with E-state index in [1.54, 1.807) is 74.8 Å². The maximum atomic E-state index is 14.0. The smallest absolute Gasteiger partial charge is 0.388 e. The number of aryl methyl sites for hydroxylation is 1. The van der Waals surface area contributed by atoms with E-state index in [-0.39, 0.29) is 0 Å². The number of piperazine rings is 2. The summed E-state index contributed by atoms with van der Waals surface area (Å²) in [4.78, 5) is 6.80. The van der Waals surface area contributed by atoms with Crippen LogP contribution in [-0.4, -0.2) is 118 Å². The van der Waals surface area contributed by atoms with Crippen molar-refractivity contribution in [2.45, 2.75) is 31.6 Å². The lowest BCUT2D eigenvalue weighted by Crippen LogP contribution is -2.44. The van der Waals surface area contributed by atoms with E-state index < -0.39 is 47.5 Å². The topological polar surface area (TPSA) is 117 Å². The largest absolute Gasteiger partial charge is 0.435 e. The van der Waals surface area contributed by atoms with Gasteiger partial charge in [0.25, 0.3) is 0 Å². The van der Waals surface area contributed by atoms with Gasteiger partial charge in [-0.25, -0.2) is 18.7 Å². The van der Waals surface area contributed by atoms with Crippen molar-refractivity contribution in [2.24, 2.45) is 0 Å². The normalized spacial score (nSPS) is 13.4. The van der Waals surface area contributed by atoms with E-state index in [1.165, 1.54) is 19.6 Å². The molecule has 6 heterocycles. The SMILES string of the molecule is CN1CCN(c2ccc(-n3nc(C(F)(F)F)cc3-c3ccc4c(ccc5ccccc54)c3)cc2)CC1.CNc1ccc(-n2nc(C(F)(F)F)cc2-c2ccc(-c3ccc(C)cc3)cc2)cc1.CNc1ccc(-n2nc(C(F)(F)F)cc2-c2ccc3c(ccc4ccccc43)c2)cc1.FC(F)(F)c1cc(-c2ccc3c(ccc4ccccc43)c2)nn1-c1ccc(N2CCNCC2)cc1. The summed E-state index contributed by atoms with van der Waals surface area (Å²) in [6.45, 7) is 9.37. The lowest BCUT2D eigenvalue weighted by molar-refractivity contribution is -0.143. The van der Waals surface area contributed by atoms with Gasteiger partial charge in [0, 0.05) is 111 Å². The highest BCUT2D eigenvalue weighted by atomic mass is 19.4. The Morgan fingerprint density at radius 3 is 0.970 bits per heavy atom. The average molecular weight is 1780 g/mol. The van der Waals surface area contributed by atoms with Gasteiger partial charge in [-0.3, -0.25) is 0 Å². The number of hydrogen-bond acceptors (Lipinski definition) is 10. The minimum Gasteiger partial charge on any atom is -0.388 e. The molecule has 0 bridgehead atoms. The van der Waals surface area contributed by atoms with Crippen LogP contribution >= 0.6 is 0 Å². The fraction of sp³-hybridized carbons (Fsp3) is 0.151. The van der Waals surface area contributed by atoms with Gasteiger partial charge in [-0.1, -0.05) is 200 Å². The lowest BCUT2D eigenvalue weighted by atomic mass is 9.99. The van der Waals surface area contributed by atoms with Crippen molar-refractivity contribution in [1.82, 2.24) is 49.3 Å². The van der Waals surface area contributed by atoms with Crippen LogP contribution in [-0.2, 0) is 24.7 Å². The number of hydrogen-bond donors (Lipinski definition) is 3. The van der Waals surface area contributed by atoms with E-state index in [1.807, 2.05) is 237 Å². The molecule has 0 amide bonds. The fourth-order valence-electron chi connectivity index (χ4n) is 16.9. The standard InChI is InChI=1S/C29H25F3N4.C28H23F3N4.C25H18F3N3.C24H20F3N3/c1-34-14-16-35(17-15-34)23-9-11-24(12-10-23)36-27(19-28(33-36)29(30,31)32)22-8-13-26-21(18-22)7-6-20-4-2-3-5-25(20)26;29-28(30,31)27-18-26(21-7-12-25-20(17-21)6-5-19-3-1-2-4-24(19)25)33-35(27)23-10-8-22(9-11-23)34-15-13-32-14-16-34;1-29-19-9-11-20(12-10-19)31-23(15-24(30-31)25(26,27)28)18-8-13-22-17(14-18)7-6-16-4-2-3-5-21(16)22;1-16-3-5-17(6-4-16)18-7-9-19(10-8-18)22-15-23(24(25,26)27)29-30(22)21-13-11-20(28-2)12-14-21/h2-13,18-19H,14-17H2,1H3;1-12,17-18,32H,13-16H2;2-15,29H,1H3;3-15,28H,1-2H3. The summed E-state index contributed by atoms with van der Waals surface area (Å²) in [6.07, 6.45) is -18.1. The zero-order valence-electron chi connectivity index (χ0n) is 71.9. The number of nitrogens with zero attached hydrogens (tertiary/aromatic N) is 11. The summed E-state index contributed by atoms with van der Waals surface area (Å²) in [5, 5.41) is 38.2. The maximum Gasteiger partial charge on any atom is 0.435 e. The van der Waals surface area contributed by atoms with E-state index in [4.69, 9.17) is 0 Å². The summed E-state index contributed by atoms with van der Waals surface area (Å²) < 4.78 is 169. The van der Waals surface area contributed by atoms with E-state index in [2.05, 4.69) is 76.3 Å². The molecule has 2 saturated heterocycles. The van der Waals surface area contributed by atoms with Gasteiger partial charge >= 0.3 is 24.7 Å². The fourth-order valence-corrected chi connectivity index (χ4v) is 16.9. The summed E-state index contributed by atoms with van der Waals surface area (Å²) >= 11 is 0. The Morgan fingerprint density at radius 1 is 0.273 bits per heavy atom. The molecule has 3 N–H and O–H groups in total. The van der Waals surface area contributed by atoms with Gasteiger partial charge in [0.05, 0.1) is 45.5 Å². The van der Waals surface area contributed by atoms with Crippen molar-refractivity contribution >= 4 is 87.4 Å². The van der Waals surface area contributed by atoms with Crippen LogP contribution in [0.2, 0.25) is 0 Å². The van der Waals surface area contributed by atoms with Crippen LogP contribution in [0.25, 0.3) is 144 Å². The zero-order valence-corrected chi connectivity index (χ0v) is 71.9. The highest BCUT2D eigenvalue weighted by molar-refractivity contribution is 6.10. The summed E-state index contributed by atoms with van der Waals surface area (Å²) in [5.74, 6) is 0. The van der Waals surface area contributed by atoms with Gasteiger partial charge in [-0.15, -0.1) is 0 Å². The van der Waals surface area contributed by atoms with Crippen LogP contribution < -0.4 is 25.8 Å². The van der Waals surface area contributed by atoms with Crippen molar-refractivity contribution in [3.8, 4) is 78.9 Å². The van der Waals surface area contributed by atoms with E-state index in [0.717, 1.165) is 180 Å². The zero-order chi connectivity index (χ0) is 91.7. The van der Waals surface area contributed by atoms with Crippen molar-refractivity contribution in [3.63, 3.8) is 0 Å². The first-order chi connectivity index (χ1) is 63.6. The predicted octanol–water partition coefficient (Wildman–Crippen LogP) is 26.4. The van der Waals surface area contributed by atoms with Crippen LogP contribution in [0.3, 0.4) is 0 Å². The van der Waals surface area contributed by atoms with E-state index in [9.17, 15) is 52.7 Å². The second-order valence-electron chi connectivity index (χ2n) is 32.6.